The lowest BCUT2D eigenvalue weighted by Crippen LogP contribution is -2.59. The van der Waals surface area contributed by atoms with E-state index in [0.29, 0.717) is 19.3 Å². The second kappa shape index (κ2) is 10.3. The summed E-state index contributed by atoms with van der Waals surface area (Å²) in [5, 5.41) is -6.08. The highest BCUT2D eigenvalue weighted by molar-refractivity contribution is 7.87. The van der Waals surface area contributed by atoms with Gasteiger partial charge in [-0.3, -0.25) is 9.35 Å². The molecule has 0 heterocycles. The van der Waals surface area contributed by atoms with E-state index in [1.807, 2.05) is 0 Å². The summed E-state index contributed by atoms with van der Waals surface area (Å²) in [7, 11) is -6.66. The molecule has 33 heavy (non-hydrogen) atoms. The highest BCUT2D eigenvalue weighted by Gasteiger charge is 2.69. The zero-order chi connectivity index (χ0) is 25.9. The van der Waals surface area contributed by atoms with Crippen molar-refractivity contribution < 1.29 is 67.5 Å². The lowest BCUT2D eigenvalue weighted by Gasteiger charge is -2.35. The third kappa shape index (κ3) is 6.68. The Bertz CT molecular complexity index is 807. The Kier molecular flexibility index (Phi) is 9.16. The molecule has 0 saturated heterocycles. The van der Waals surface area contributed by atoms with Crippen LogP contribution in [0.4, 0.5) is 30.7 Å². The maximum atomic E-state index is 13.9. The van der Waals surface area contributed by atoms with Crippen molar-refractivity contribution in [3.63, 3.8) is 0 Å². The molecule has 1 saturated carbocycles. The summed E-state index contributed by atoms with van der Waals surface area (Å²) in [4.78, 5) is 24.5. The molecule has 1 N–H and O–H groups in total. The molecule has 0 spiro atoms. The number of carbonyl (C=O) groups excluding carboxylic acids is 2. The summed E-state index contributed by atoms with van der Waals surface area (Å²) in [5.41, 5.74) is 0. The van der Waals surface area contributed by atoms with Crippen molar-refractivity contribution in [2.75, 3.05) is 6.61 Å². The lowest BCUT2D eigenvalue weighted by molar-refractivity contribution is -0.360. The molecule has 1 atom stereocenters. The summed E-state index contributed by atoms with van der Waals surface area (Å²) in [6.45, 7) is 0.189. The molecule has 1 rings (SSSR count). The Morgan fingerprint density at radius 3 is 1.94 bits per heavy atom. The molecule has 0 radical (unpaired) electrons. The number of ether oxygens (including phenoxy) is 3. The molecule has 0 aromatic heterocycles. The Morgan fingerprint density at radius 1 is 1.00 bits per heavy atom. The normalized spacial score (nSPS) is 18.6. The third-order valence-corrected chi connectivity index (χ3v) is 5.59. The van der Waals surface area contributed by atoms with E-state index in [4.69, 9.17) is 4.55 Å². The number of hydrogen-bond donors (Lipinski definition) is 1. The first kappa shape index (κ1) is 29.4. The van der Waals surface area contributed by atoms with Crippen LogP contribution >= 0.6 is 0 Å². The van der Waals surface area contributed by atoms with Gasteiger partial charge in [0.05, 0.1) is 18.6 Å². The Morgan fingerprint density at radius 2 is 1.52 bits per heavy atom. The van der Waals surface area contributed by atoms with Crippen LogP contribution in [0.3, 0.4) is 0 Å². The van der Waals surface area contributed by atoms with Crippen LogP contribution in [0, 0.1) is 5.92 Å². The third-order valence-electron chi connectivity index (χ3n) is 4.64. The molecular formula is C17H23F7O8S. The van der Waals surface area contributed by atoms with E-state index in [9.17, 15) is 48.7 Å². The summed E-state index contributed by atoms with van der Waals surface area (Å²) < 4.78 is 138. The van der Waals surface area contributed by atoms with Gasteiger partial charge < -0.3 is 14.2 Å². The molecule has 0 aliphatic heterocycles. The van der Waals surface area contributed by atoms with Crippen molar-refractivity contribution in [3.05, 3.63) is 0 Å². The van der Waals surface area contributed by atoms with Crippen molar-refractivity contribution in [3.8, 4) is 0 Å². The van der Waals surface area contributed by atoms with Crippen LogP contribution in [0.1, 0.15) is 52.4 Å². The van der Waals surface area contributed by atoms with Crippen molar-refractivity contribution in [1.29, 1.82) is 0 Å². The number of carbonyl (C=O) groups is 2. The van der Waals surface area contributed by atoms with Crippen LogP contribution < -0.4 is 0 Å². The molecular weight excluding hydrogens is 497 g/mol. The number of alkyl halides is 7. The van der Waals surface area contributed by atoms with Gasteiger partial charge in [0.2, 0.25) is 0 Å². The molecule has 0 aromatic rings. The van der Waals surface area contributed by atoms with Gasteiger partial charge in [-0.1, -0.05) is 19.3 Å². The van der Waals surface area contributed by atoms with Crippen LogP contribution in [0.2, 0.25) is 0 Å². The van der Waals surface area contributed by atoms with Gasteiger partial charge in [0, 0.05) is 6.42 Å². The van der Waals surface area contributed by atoms with E-state index in [-0.39, 0.29) is 12.8 Å². The summed E-state index contributed by atoms with van der Waals surface area (Å²) in [6, 6.07) is 0. The van der Waals surface area contributed by atoms with Crippen LogP contribution in [0.5, 0.6) is 0 Å². The first-order chi connectivity index (χ1) is 14.8. The summed E-state index contributed by atoms with van der Waals surface area (Å²) in [5.74, 6) is -15.1. The van der Waals surface area contributed by atoms with E-state index in [1.165, 1.54) is 0 Å². The first-order valence-corrected chi connectivity index (χ1v) is 11.1. The minimum Gasteiger partial charge on any atom is -0.458 e. The molecule has 8 nitrogen and oxygen atoms in total. The minimum atomic E-state index is -6.66. The van der Waals surface area contributed by atoms with Crippen LogP contribution in [0.25, 0.3) is 0 Å². The number of halogens is 7. The van der Waals surface area contributed by atoms with Crippen molar-refractivity contribution in [2.24, 2.45) is 5.92 Å². The van der Waals surface area contributed by atoms with E-state index < -0.39 is 70.2 Å². The van der Waals surface area contributed by atoms with Gasteiger partial charge in [-0.2, -0.15) is 39.2 Å². The van der Waals surface area contributed by atoms with E-state index in [2.05, 4.69) is 14.2 Å². The summed E-state index contributed by atoms with van der Waals surface area (Å²) >= 11 is 0. The minimum absolute atomic E-state index is 0.116. The second-order valence-electron chi connectivity index (χ2n) is 7.62. The predicted octanol–water partition coefficient (Wildman–Crippen LogP) is 3.84. The average Bonchev–Trinajstić information content (AvgIpc) is 2.65. The Balaban J connectivity index is 3.25. The molecule has 0 amide bonds. The van der Waals surface area contributed by atoms with Crippen LogP contribution in [0.15, 0.2) is 0 Å². The molecule has 0 bridgehead atoms. The predicted molar refractivity (Wildman–Crippen MR) is 94.7 cm³/mol. The molecule has 0 aromatic carbocycles. The van der Waals surface area contributed by atoms with Crippen LogP contribution in [-0.2, 0) is 33.9 Å². The molecule has 1 aliphatic rings. The monoisotopic (exact) mass is 520 g/mol. The van der Waals surface area contributed by atoms with Gasteiger partial charge >= 0.3 is 45.2 Å². The average molecular weight is 520 g/mol. The van der Waals surface area contributed by atoms with Crippen molar-refractivity contribution >= 4 is 22.1 Å². The lowest BCUT2D eigenvalue weighted by atomic mass is 9.89. The first-order valence-electron chi connectivity index (χ1n) is 9.66. The maximum Gasteiger partial charge on any atom is 0.468 e. The molecule has 1 aliphatic carbocycles. The largest absolute Gasteiger partial charge is 0.468 e. The van der Waals surface area contributed by atoms with Gasteiger partial charge in [0.25, 0.3) is 0 Å². The van der Waals surface area contributed by atoms with Crippen LogP contribution in [-0.4, -0.2) is 60.8 Å². The van der Waals surface area contributed by atoms with E-state index in [1.54, 1.807) is 0 Å². The number of hydrogen-bond acceptors (Lipinski definition) is 7. The number of esters is 2. The Hall–Kier alpha value is -1.68. The highest BCUT2D eigenvalue weighted by Crippen LogP contribution is 2.43. The van der Waals surface area contributed by atoms with Gasteiger partial charge in [0.15, 0.2) is 0 Å². The fourth-order valence-electron chi connectivity index (χ4n) is 2.90. The quantitative estimate of drug-likeness (QED) is 0.200. The molecule has 194 valence electrons. The molecule has 1 unspecified atom stereocenters. The van der Waals surface area contributed by atoms with Gasteiger partial charge in [-0.15, -0.1) is 0 Å². The molecule has 16 heteroatoms. The van der Waals surface area contributed by atoms with E-state index in [0.717, 1.165) is 13.8 Å². The SMILES string of the molecule is CC(C)OC(=O)C(OCCC(F)(F)C(F)(F)S(=O)(=O)O)(OC(=O)C1CCCCC1)C(F)(F)F. The topological polar surface area (TPSA) is 116 Å². The second-order valence-corrected chi connectivity index (χ2v) is 9.08. The van der Waals surface area contributed by atoms with Gasteiger partial charge in [-0.05, 0) is 26.7 Å². The van der Waals surface area contributed by atoms with Gasteiger partial charge in [0.1, 0.15) is 0 Å². The summed E-state index contributed by atoms with van der Waals surface area (Å²) in [6.07, 6.45) is -7.67. The zero-order valence-corrected chi connectivity index (χ0v) is 18.3. The van der Waals surface area contributed by atoms with Crippen molar-refractivity contribution in [1.82, 2.24) is 0 Å². The number of rotatable bonds is 10. The smallest absolute Gasteiger partial charge is 0.458 e. The van der Waals surface area contributed by atoms with E-state index >= 15 is 0 Å². The fraction of sp³-hybridized carbons (Fsp3) is 0.882. The molecule has 1 fully saturated rings. The van der Waals surface area contributed by atoms with Crippen molar-refractivity contribution in [2.45, 2.75) is 81.6 Å². The zero-order valence-electron chi connectivity index (χ0n) is 17.5. The maximum absolute atomic E-state index is 13.9. The highest BCUT2D eigenvalue weighted by atomic mass is 32.2. The fourth-order valence-corrected chi connectivity index (χ4v) is 3.38. The Labute approximate surface area is 184 Å². The standard InChI is InChI=1S/C17H23F7O8S/c1-10(2)31-13(26)15(16(20,21)22,32-12(25)11-6-4-3-5-7-11)30-9-8-14(18,19)17(23,24)33(27,28)29/h10-11H,3-9H2,1-2H3,(H,27,28,29). The van der Waals surface area contributed by atoms with Gasteiger partial charge in [-0.25, -0.2) is 4.79 Å².